The van der Waals surface area contributed by atoms with Crippen LogP contribution in [0.5, 0.6) is 0 Å². The quantitative estimate of drug-likeness (QED) is 0.642. The summed E-state index contributed by atoms with van der Waals surface area (Å²) >= 11 is 7.39. The van der Waals surface area contributed by atoms with Gasteiger partial charge in [0, 0.05) is 5.39 Å². The Labute approximate surface area is 106 Å². The second-order valence-electron chi connectivity index (χ2n) is 3.58. The summed E-state index contributed by atoms with van der Waals surface area (Å²) in [5, 5.41) is 3.23. The zero-order valence-corrected chi connectivity index (χ0v) is 10.2. The average molecular weight is 263 g/mol. The number of ketones is 1. The van der Waals surface area contributed by atoms with E-state index >= 15 is 0 Å². The Morgan fingerprint density at radius 2 is 2.12 bits per heavy atom. The number of thiophene rings is 1. The van der Waals surface area contributed by atoms with E-state index in [1.807, 2.05) is 23.6 Å². The monoisotopic (exact) mass is 262 g/mol. The molecule has 4 heteroatoms. The van der Waals surface area contributed by atoms with E-state index in [2.05, 4.69) is 0 Å². The minimum absolute atomic E-state index is 0.104. The molecule has 84 valence electrons. The van der Waals surface area contributed by atoms with Gasteiger partial charge in [-0.3, -0.25) is 4.79 Å². The van der Waals surface area contributed by atoms with Crippen LogP contribution in [0.25, 0.3) is 11.0 Å². The van der Waals surface area contributed by atoms with E-state index in [0.29, 0.717) is 21.2 Å². The van der Waals surface area contributed by atoms with Gasteiger partial charge in [0.1, 0.15) is 0 Å². The van der Waals surface area contributed by atoms with Crippen LogP contribution < -0.4 is 0 Å². The summed E-state index contributed by atoms with van der Waals surface area (Å²) in [4.78, 5) is 12.7. The third-order valence-electron chi connectivity index (χ3n) is 2.46. The smallest absolute Gasteiger partial charge is 0.238 e. The first-order valence-electron chi connectivity index (χ1n) is 5.02. The summed E-state index contributed by atoms with van der Waals surface area (Å²) in [7, 11) is 0. The standard InChI is InChI=1S/C13H7ClO2S/c14-9-4-1-3-8-7-10(16-13(8)9)12(15)11-5-2-6-17-11/h1-7H. The lowest BCUT2D eigenvalue weighted by molar-refractivity contribution is 0.101. The highest BCUT2D eigenvalue weighted by molar-refractivity contribution is 7.12. The van der Waals surface area contributed by atoms with Crippen LogP contribution in [0.1, 0.15) is 15.4 Å². The molecule has 0 N–H and O–H groups in total. The molecule has 0 aliphatic rings. The van der Waals surface area contributed by atoms with E-state index in [4.69, 9.17) is 16.0 Å². The van der Waals surface area contributed by atoms with Gasteiger partial charge in [0.2, 0.25) is 5.78 Å². The van der Waals surface area contributed by atoms with Crippen molar-refractivity contribution in [2.24, 2.45) is 0 Å². The number of carbonyl (C=O) groups excluding carboxylic acids is 1. The van der Waals surface area contributed by atoms with E-state index in [9.17, 15) is 4.79 Å². The molecule has 2 nitrogen and oxygen atoms in total. The van der Waals surface area contributed by atoms with E-state index in [0.717, 1.165) is 5.39 Å². The largest absolute Gasteiger partial charge is 0.451 e. The topological polar surface area (TPSA) is 30.2 Å². The lowest BCUT2D eigenvalue weighted by atomic mass is 10.2. The van der Waals surface area contributed by atoms with Crippen LogP contribution in [0.2, 0.25) is 5.02 Å². The highest BCUT2D eigenvalue weighted by Crippen LogP contribution is 2.28. The van der Waals surface area contributed by atoms with Crippen LogP contribution in [-0.2, 0) is 0 Å². The van der Waals surface area contributed by atoms with E-state index in [-0.39, 0.29) is 5.78 Å². The maximum atomic E-state index is 12.1. The Morgan fingerprint density at radius 1 is 1.24 bits per heavy atom. The molecule has 2 aromatic heterocycles. The molecule has 3 aromatic rings. The first kappa shape index (κ1) is 10.6. The molecule has 0 bridgehead atoms. The number of para-hydroxylation sites is 1. The van der Waals surface area contributed by atoms with Gasteiger partial charge in [-0.2, -0.15) is 0 Å². The van der Waals surface area contributed by atoms with Crippen molar-refractivity contribution in [1.82, 2.24) is 0 Å². The predicted molar refractivity (Wildman–Crippen MR) is 69.0 cm³/mol. The fraction of sp³-hybridized carbons (Fsp3) is 0. The van der Waals surface area contributed by atoms with Gasteiger partial charge >= 0.3 is 0 Å². The number of hydrogen-bond donors (Lipinski definition) is 0. The van der Waals surface area contributed by atoms with Gasteiger partial charge in [0.05, 0.1) is 9.90 Å². The van der Waals surface area contributed by atoms with Crippen LogP contribution in [0.15, 0.2) is 46.2 Å². The predicted octanol–water partition coefficient (Wildman–Crippen LogP) is 4.38. The first-order valence-corrected chi connectivity index (χ1v) is 6.28. The zero-order chi connectivity index (χ0) is 11.8. The number of carbonyl (C=O) groups is 1. The van der Waals surface area contributed by atoms with Gasteiger partial charge < -0.3 is 4.42 Å². The van der Waals surface area contributed by atoms with Gasteiger partial charge in [-0.05, 0) is 23.6 Å². The molecule has 0 unspecified atom stereocenters. The lowest BCUT2D eigenvalue weighted by Gasteiger charge is -1.91. The fourth-order valence-electron chi connectivity index (χ4n) is 1.67. The van der Waals surface area contributed by atoms with Gasteiger partial charge in [-0.15, -0.1) is 11.3 Å². The van der Waals surface area contributed by atoms with Crippen molar-refractivity contribution in [1.29, 1.82) is 0 Å². The van der Waals surface area contributed by atoms with Gasteiger partial charge in [-0.1, -0.05) is 29.8 Å². The number of halogens is 1. The van der Waals surface area contributed by atoms with E-state index in [1.165, 1.54) is 11.3 Å². The minimum Gasteiger partial charge on any atom is -0.451 e. The SMILES string of the molecule is O=C(c1cc2cccc(Cl)c2o1)c1cccs1. The lowest BCUT2D eigenvalue weighted by Crippen LogP contribution is -1.95. The molecule has 0 aliphatic carbocycles. The van der Waals surface area contributed by atoms with Crippen molar-refractivity contribution >= 4 is 39.7 Å². The maximum absolute atomic E-state index is 12.1. The molecule has 0 saturated heterocycles. The van der Waals surface area contributed by atoms with Crippen molar-refractivity contribution in [3.63, 3.8) is 0 Å². The van der Waals surface area contributed by atoms with Crippen LogP contribution in [0.3, 0.4) is 0 Å². The third kappa shape index (κ3) is 1.77. The van der Waals surface area contributed by atoms with Crippen LogP contribution >= 0.6 is 22.9 Å². The number of hydrogen-bond acceptors (Lipinski definition) is 3. The summed E-state index contributed by atoms with van der Waals surface area (Å²) in [6, 6.07) is 10.8. The highest BCUT2D eigenvalue weighted by Gasteiger charge is 2.16. The molecule has 0 radical (unpaired) electrons. The summed E-state index contributed by atoms with van der Waals surface area (Å²) in [5.41, 5.74) is 0.564. The number of benzene rings is 1. The molecule has 0 spiro atoms. The summed E-state index contributed by atoms with van der Waals surface area (Å²) < 4.78 is 5.51. The van der Waals surface area contributed by atoms with Crippen molar-refractivity contribution in [2.45, 2.75) is 0 Å². The molecule has 0 atom stereocenters. The third-order valence-corrected chi connectivity index (χ3v) is 3.63. The van der Waals surface area contributed by atoms with E-state index in [1.54, 1.807) is 18.2 Å². The Balaban J connectivity index is 2.13. The van der Waals surface area contributed by atoms with Crippen molar-refractivity contribution in [3.8, 4) is 0 Å². The van der Waals surface area contributed by atoms with Crippen LogP contribution in [-0.4, -0.2) is 5.78 Å². The van der Waals surface area contributed by atoms with E-state index < -0.39 is 0 Å². The molecule has 2 heterocycles. The van der Waals surface area contributed by atoms with Gasteiger partial charge in [0.15, 0.2) is 11.3 Å². The Bertz CT molecular complexity index is 683. The molecular formula is C13H7ClO2S. The summed E-state index contributed by atoms with van der Waals surface area (Å²) in [6.07, 6.45) is 0. The average Bonchev–Trinajstić information content (AvgIpc) is 2.98. The Hall–Kier alpha value is -1.58. The second-order valence-corrected chi connectivity index (χ2v) is 4.93. The molecule has 17 heavy (non-hydrogen) atoms. The van der Waals surface area contributed by atoms with Crippen molar-refractivity contribution < 1.29 is 9.21 Å². The normalized spacial score (nSPS) is 10.9. The number of fused-ring (bicyclic) bond motifs is 1. The fourth-order valence-corrected chi connectivity index (χ4v) is 2.56. The Kier molecular flexibility index (Phi) is 2.50. The van der Waals surface area contributed by atoms with Gasteiger partial charge in [0.25, 0.3) is 0 Å². The highest BCUT2D eigenvalue weighted by atomic mass is 35.5. The summed E-state index contributed by atoms with van der Waals surface area (Å²) in [6.45, 7) is 0. The number of rotatable bonds is 2. The van der Waals surface area contributed by atoms with Crippen molar-refractivity contribution in [2.75, 3.05) is 0 Å². The van der Waals surface area contributed by atoms with Crippen LogP contribution in [0, 0.1) is 0 Å². The summed E-state index contributed by atoms with van der Waals surface area (Å²) in [5.74, 6) is 0.225. The Morgan fingerprint density at radius 3 is 2.82 bits per heavy atom. The molecule has 0 amide bonds. The minimum atomic E-state index is -0.104. The molecule has 0 aliphatic heterocycles. The molecule has 0 fully saturated rings. The van der Waals surface area contributed by atoms with Crippen molar-refractivity contribution in [3.05, 3.63) is 57.4 Å². The molecule has 3 rings (SSSR count). The molecular weight excluding hydrogens is 256 g/mol. The maximum Gasteiger partial charge on any atom is 0.238 e. The molecule has 1 aromatic carbocycles. The van der Waals surface area contributed by atoms with Crippen LogP contribution in [0.4, 0.5) is 0 Å². The van der Waals surface area contributed by atoms with Gasteiger partial charge in [-0.25, -0.2) is 0 Å². The number of furan rings is 1. The second kappa shape index (κ2) is 4.02. The molecule has 0 saturated carbocycles. The first-order chi connectivity index (χ1) is 8.25. The zero-order valence-electron chi connectivity index (χ0n) is 8.64.